The van der Waals surface area contributed by atoms with Crippen LogP contribution in [0.4, 0.5) is 5.69 Å². The van der Waals surface area contributed by atoms with Gasteiger partial charge >= 0.3 is 0 Å². The van der Waals surface area contributed by atoms with Crippen LogP contribution in [0.15, 0.2) is 23.1 Å². The number of ether oxygens (including phenoxy) is 1. The molecule has 6 nitrogen and oxygen atoms in total. The van der Waals surface area contributed by atoms with Crippen LogP contribution >= 0.6 is 15.9 Å². The maximum atomic E-state index is 13.1. The molecule has 4 saturated carbocycles. The summed E-state index contributed by atoms with van der Waals surface area (Å²) < 4.78 is 32.9. The van der Waals surface area contributed by atoms with E-state index in [1.54, 1.807) is 6.07 Å². The summed E-state index contributed by atoms with van der Waals surface area (Å²) in [4.78, 5) is 13.3. The third-order valence-electron chi connectivity index (χ3n) is 7.43. The van der Waals surface area contributed by atoms with Gasteiger partial charge in [-0.15, -0.1) is 0 Å². The predicted molar refractivity (Wildman–Crippen MR) is 125 cm³/mol. The van der Waals surface area contributed by atoms with E-state index < -0.39 is 10.0 Å². The monoisotopic (exact) mass is 512 g/mol. The van der Waals surface area contributed by atoms with E-state index in [2.05, 4.69) is 21.2 Å². The molecule has 0 radical (unpaired) electrons. The molecule has 0 heterocycles. The Morgan fingerprint density at radius 1 is 1.19 bits per heavy atom. The van der Waals surface area contributed by atoms with Crippen LogP contribution in [0.2, 0.25) is 0 Å². The van der Waals surface area contributed by atoms with E-state index in [0.29, 0.717) is 42.8 Å². The van der Waals surface area contributed by atoms with Crippen LogP contribution < -0.4 is 10.1 Å². The second-order valence-electron chi connectivity index (χ2n) is 9.79. The number of rotatable bonds is 8. The number of anilines is 1. The average Bonchev–Trinajstić information content (AvgIpc) is 2.66. The Bertz CT molecular complexity index is 946. The van der Waals surface area contributed by atoms with Crippen molar-refractivity contribution in [3.05, 3.63) is 18.2 Å². The highest BCUT2D eigenvalue weighted by Crippen LogP contribution is 2.65. The number of hydrogen-bond donors (Lipinski definition) is 1. The molecular weight excluding hydrogens is 480 g/mol. The fraction of sp³-hybridized carbons (Fsp3) is 0.696. The Labute approximate surface area is 194 Å². The normalized spacial score (nSPS) is 31.8. The molecule has 4 atom stereocenters. The zero-order chi connectivity index (χ0) is 22.4. The molecule has 4 aliphatic rings. The highest BCUT2D eigenvalue weighted by Gasteiger charge is 2.57. The van der Waals surface area contributed by atoms with Crippen molar-refractivity contribution in [3.8, 4) is 5.75 Å². The van der Waals surface area contributed by atoms with Gasteiger partial charge in [0.15, 0.2) is 0 Å². The first-order valence-electron chi connectivity index (χ1n) is 11.3. The van der Waals surface area contributed by atoms with Gasteiger partial charge in [0.05, 0.1) is 17.7 Å². The number of carbonyl (C=O) groups is 1. The SMILES string of the molecule is CCN(CC)S(=O)(=O)c1ccc(OC)c(NC(=O)CC23C[C@@H]4C[C@@H](CC(Br)(C4)C2)C3)c1. The van der Waals surface area contributed by atoms with E-state index >= 15 is 0 Å². The minimum absolute atomic E-state index is 0.0514. The number of carbonyl (C=O) groups excluding carboxylic acids is 1. The molecule has 1 aromatic rings. The third kappa shape index (κ3) is 4.40. The van der Waals surface area contributed by atoms with Gasteiger partial charge in [0.2, 0.25) is 15.9 Å². The molecule has 31 heavy (non-hydrogen) atoms. The predicted octanol–water partition coefficient (Wildman–Crippen LogP) is 4.79. The summed E-state index contributed by atoms with van der Waals surface area (Å²) in [7, 11) is -2.09. The average molecular weight is 513 g/mol. The van der Waals surface area contributed by atoms with Gasteiger partial charge in [-0.1, -0.05) is 29.8 Å². The lowest BCUT2D eigenvalue weighted by molar-refractivity contribution is -0.123. The number of amides is 1. The van der Waals surface area contributed by atoms with Crippen molar-refractivity contribution in [2.24, 2.45) is 17.3 Å². The van der Waals surface area contributed by atoms with E-state index in [4.69, 9.17) is 4.74 Å². The van der Waals surface area contributed by atoms with Crippen molar-refractivity contribution in [2.45, 2.75) is 68.0 Å². The van der Waals surface area contributed by atoms with Crippen molar-refractivity contribution in [2.75, 3.05) is 25.5 Å². The molecule has 4 bridgehead atoms. The number of benzene rings is 1. The van der Waals surface area contributed by atoms with E-state index in [9.17, 15) is 13.2 Å². The topological polar surface area (TPSA) is 75.7 Å². The van der Waals surface area contributed by atoms with Crippen LogP contribution in [0, 0.1) is 17.3 Å². The standard InChI is InChI=1S/C23H33BrN2O4S/c1-4-26(5-2)31(28,29)18-6-7-20(30-3)19(9-18)25-21(27)14-22-10-16-8-17(11-22)13-23(24,12-16)15-22/h6-7,9,16-17H,4-5,8,10-15H2,1-3H3,(H,25,27)/t16-,17+,22?,23?. The number of methoxy groups -OCH3 is 1. The van der Waals surface area contributed by atoms with E-state index in [1.165, 1.54) is 42.8 Å². The van der Waals surface area contributed by atoms with Crippen LogP contribution in [0.1, 0.15) is 58.8 Å². The van der Waals surface area contributed by atoms with Crippen LogP contribution in [-0.2, 0) is 14.8 Å². The van der Waals surface area contributed by atoms with Crippen molar-refractivity contribution in [3.63, 3.8) is 0 Å². The molecule has 1 amide bonds. The van der Waals surface area contributed by atoms with Gasteiger partial charge in [-0.3, -0.25) is 4.79 Å². The number of alkyl halides is 1. The second kappa shape index (κ2) is 8.34. The van der Waals surface area contributed by atoms with Gasteiger partial charge in [0.25, 0.3) is 0 Å². The minimum atomic E-state index is -3.62. The van der Waals surface area contributed by atoms with E-state index in [-0.39, 0.29) is 20.5 Å². The molecule has 2 unspecified atom stereocenters. The van der Waals surface area contributed by atoms with Gasteiger partial charge < -0.3 is 10.1 Å². The van der Waals surface area contributed by atoms with E-state index in [0.717, 1.165) is 19.3 Å². The highest BCUT2D eigenvalue weighted by molar-refractivity contribution is 9.10. The lowest BCUT2D eigenvalue weighted by Crippen LogP contribution is -2.53. The smallest absolute Gasteiger partial charge is 0.243 e. The van der Waals surface area contributed by atoms with E-state index in [1.807, 2.05) is 13.8 Å². The summed E-state index contributed by atoms with van der Waals surface area (Å²) >= 11 is 4.01. The zero-order valence-electron chi connectivity index (χ0n) is 18.6. The summed E-state index contributed by atoms with van der Waals surface area (Å²) in [6, 6.07) is 4.68. The molecule has 0 aromatic heterocycles. The Morgan fingerprint density at radius 2 is 1.84 bits per heavy atom. The summed E-state index contributed by atoms with van der Waals surface area (Å²) in [6.07, 6.45) is 7.53. The summed E-state index contributed by atoms with van der Waals surface area (Å²) in [5.74, 6) is 1.83. The van der Waals surface area contributed by atoms with Crippen molar-refractivity contribution in [1.29, 1.82) is 0 Å². The first-order chi connectivity index (χ1) is 14.6. The number of halogens is 1. The Morgan fingerprint density at radius 3 is 2.39 bits per heavy atom. The summed E-state index contributed by atoms with van der Waals surface area (Å²) in [5, 5.41) is 2.97. The largest absolute Gasteiger partial charge is 0.495 e. The molecule has 5 rings (SSSR count). The lowest BCUT2D eigenvalue weighted by atomic mass is 9.48. The first-order valence-corrected chi connectivity index (χ1v) is 13.5. The van der Waals surface area contributed by atoms with Gasteiger partial charge in [0, 0.05) is 23.8 Å². The molecule has 1 aromatic carbocycles. The highest BCUT2D eigenvalue weighted by atomic mass is 79.9. The van der Waals surface area contributed by atoms with Crippen molar-refractivity contribution < 1.29 is 17.9 Å². The summed E-state index contributed by atoms with van der Waals surface area (Å²) in [5.41, 5.74) is 0.467. The Kier molecular flexibility index (Phi) is 6.20. The van der Waals surface area contributed by atoms with Crippen LogP contribution in [0.5, 0.6) is 5.75 Å². The van der Waals surface area contributed by atoms with Crippen molar-refractivity contribution >= 4 is 37.5 Å². The molecule has 0 aliphatic heterocycles. The van der Waals surface area contributed by atoms with Crippen molar-refractivity contribution in [1.82, 2.24) is 4.31 Å². The quantitative estimate of drug-likeness (QED) is 0.508. The second-order valence-corrected chi connectivity index (χ2v) is 13.4. The summed E-state index contributed by atoms with van der Waals surface area (Å²) in [6.45, 7) is 4.42. The molecule has 1 N–H and O–H groups in total. The molecule has 0 saturated heterocycles. The molecule has 172 valence electrons. The molecular formula is C23H33BrN2O4S. The van der Waals surface area contributed by atoms with Crippen LogP contribution in [-0.4, -0.2) is 43.2 Å². The molecule has 4 fully saturated rings. The fourth-order valence-corrected chi connectivity index (χ4v) is 9.73. The Hall–Kier alpha value is -1.12. The number of sulfonamides is 1. The maximum Gasteiger partial charge on any atom is 0.243 e. The third-order valence-corrected chi connectivity index (χ3v) is 10.4. The number of hydrogen-bond acceptors (Lipinski definition) is 4. The molecule has 0 spiro atoms. The fourth-order valence-electron chi connectivity index (χ4n) is 6.74. The van der Waals surface area contributed by atoms with Gasteiger partial charge in [-0.2, -0.15) is 4.31 Å². The van der Waals surface area contributed by atoms with Gasteiger partial charge in [0.1, 0.15) is 5.75 Å². The van der Waals surface area contributed by atoms with Crippen LogP contribution in [0.3, 0.4) is 0 Å². The van der Waals surface area contributed by atoms with Gasteiger partial charge in [-0.25, -0.2) is 8.42 Å². The lowest BCUT2D eigenvalue weighted by Gasteiger charge is -2.60. The maximum absolute atomic E-state index is 13.1. The number of nitrogens with one attached hydrogen (secondary N) is 1. The molecule has 4 aliphatic carbocycles. The number of nitrogens with zero attached hydrogens (tertiary/aromatic N) is 1. The Balaban J connectivity index is 1.54. The van der Waals surface area contributed by atoms with Gasteiger partial charge in [-0.05, 0) is 74.0 Å². The first kappa shape index (κ1) is 23.1. The minimum Gasteiger partial charge on any atom is -0.495 e. The zero-order valence-corrected chi connectivity index (χ0v) is 21.0. The van der Waals surface area contributed by atoms with Crippen LogP contribution in [0.25, 0.3) is 0 Å². The molecule has 8 heteroatoms.